The maximum absolute atomic E-state index is 11.9. The van der Waals surface area contributed by atoms with Crippen LogP contribution in [0.2, 0.25) is 0 Å². The number of hydrogen-bond donors (Lipinski definition) is 1. The van der Waals surface area contributed by atoms with E-state index in [-0.39, 0.29) is 16.7 Å². The molecular formula is C10H15NO3S. The van der Waals surface area contributed by atoms with Crippen LogP contribution in [0.25, 0.3) is 0 Å². The van der Waals surface area contributed by atoms with Gasteiger partial charge in [0.2, 0.25) is 10.0 Å². The fraction of sp³-hybridized carbons (Fsp3) is 0.400. The highest BCUT2D eigenvalue weighted by Crippen LogP contribution is 2.18. The van der Waals surface area contributed by atoms with Crippen molar-refractivity contribution < 1.29 is 13.5 Å². The molecule has 0 aliphatic heterocycles. The number of benzene rings is 1. The van der Waals surface area contributed by atoms with Crippen LogP contribution in [0.15, 0.2) is 29.2 Å². The van der Waals surface area contributed by atoms with Crippen molar-refractivity contribution in [1.82, 2.24) is 4.31 Å². The summed E-state index contributed by atoms with van der Waals surface area (Å²) in [5, 5.41) is 9.06. The molecule has 0 fully saturated rings. The molecule has 1 rings (SSSR count). The predicted octanol–water partition coefficient (Wildman–Crippen LogP) is 1.42. The fourth-order valence-electron chi connectivity index (χ4n) is 1.06. The molecule has 0 unspecified atom stereocenters. The average Bonchev–Trinajstić information content (AvgIpc) is 2.17. The van der Waals surface area contributed by atoms with Gasteiger partial charge in [0.25, 0.3) is 0 Å². The van der Waals surface area contributed by atoms with Gasteiger partial charge in [0.1, 0.15) is 5.75 Å². The molecular weight excluding hydrogens is 214 g/mol. The summed E-state index contributed by atoms with van der Waals surface area (Å²) in [6.07, 6.45) is 0. The van der Waals surface area contributed by atoms with E-state index in [9.17, 15) is 8.42 Å². The highest BCUT2D eigenvalue weighted by Gasteiger charge is 2.22. The Kier molecular flexibility index (Phi) is 3.36. The van der Waals surface area contributed by atoms with Crippen LogP contribution in [0.3, 0.4) is 0 Å². The molecule has 0 saturated carbocycles. The van der Waals surface area contributed by atoms with Gasteiger partial charge in [-0.3, -0.25) is 0 Å². The Bertz CT molecular complexity index is 422. The molecule has 1 aromatic carbocycles. The van der Waals surface area contributed by atoms with Crippen LogP contribution in [-0.4, -0.2) is 30.9 Å². The third-order valence-electron chi connectivity index (χ3n) is 2.24. The van der Waals surface area contributed by atoms with E-state index in [4.69, 9.17) is 5.11 Å². The molecule has 0 atom stereocenters. The quantitative estimate of drug-likeness (QED) is 0.852. The molecule has 1 N–H and O–H groups in total. The summed E-state index contributed by atoms with van der Waals surface area (Å²) in [5.41, 5.74) is 0. The van der Waals surface area contributed by atoms with Crippen molar-refractivity contribution in [3.8, 4) is 5.75 Å². The molecule has 84 valence electrons. The van der Waals surface area contributed by atoms with Gasteiger partial charge in [-0.05, 0) is 38.1 Å². The lowest BCUT2D eigenvalue weighted by Gasteiger charge is -2.20. The summed E-state index contributed by atoms with van der Waals surface area (Å²) in [7, 11) is -1.90. The van der Waals surface area contributed by atoms with Gasteiger partial charge in [0.15, 0.2) is 0 Å². The molecule has 0 amide bonds. The number of phenols is 1. The van der Waals surface area contributed by atoms with E-state index < -0.39 is 10.0 Å². The van der Waals surface area contributed by atoms with Gasteiger partial charge in [0, 0.05) is 13.1 Å². The molecule has 0 spiro atoms. The first-order chi connectivity index (χ1) is 6.85. The monoisotopic (exact) mass is 229 g/mol. The highest BCUT2D eigenvalue weighted by molar-refractivity contribution is 7.89. The Morgan fingerprint density at radius 1 is 1.20 bits per heavy atom. The molecule has 1 aromatic rings. The first kappa shape index (κ1) is 12.0. The topological polar surface area (TPSA) is 57.6 Å². The van der Waals surface area contributed by atoms with E-state index in [0.29, 0.717) is 0 Å². The second-order valence-corrected chi connectivity index (χ2v) is 5.61. The van der Waals surface area contributed by atoms with Crippen LogP contribution in [0.1, 0.15) is 13.8 Å². The predicted molar refractivity (Wildman–Crippen MR) is 58.2 cm³/mol. The van der Waals surface area contributed by atoms with Gasteiger partial charge in [0.05, 0.1) is 4.90 Å². The molecule has 0 radical (unpaired) electrons. The number of phenolic OH excluding ortho intramolecular Hbond substituents is 1. The lowest BCUT2D eigenvalue weighted by Crippen LogP contribution is -2.32. The number of sulfonamides is 1. The van der Waals surface area contributed by atoms with E-state index in [0.717, 1.165) is 0 Å². The van der Waals surface area contributed by atoms with Crippen molar-refractivity contribution >= 4 is 10.0 Å². The Morgan fingerprint density at radius 3 is 2.07 bits per heavy atom. The number of nitrogens with zero attached hydrogens (tertiary/aromatic N) is 1. The van der Waals surface area contributed by atoms with Crippen LogP contribution in [0.5, 0.6) is 5.75 Å². The number of aromatic hydroxyl groups is 1. The normalized spacial score (nSPS) is 12.3. The van der Waals surface area contributed by atoms with Gasteiger partial charge in [-0.15, -0.1) is 0 Å². The van der Waals surface area contributed by atoms with Crippen molar-refractivity contribution in [3.05, 3.63) is 24.3 Å². The Balaban J connectivity index is 3.12. The smallest absolute Gasteiger partial charge is 0.243 e. The van der Waals surface area contributed by atoms with Crippen LogP contribution in [0.4, 0.5) is 0 Å². The van der Waals surface area contributed by atoms with Crippen molar-refractivity contribution in [3.63, 3.8) is 0 Å². The minimum absolute atomic E-state index is 0.0566. The summed E-state index contributed by atoms with van der Waals surface area (Å²) in [5.74, 6) is 0.0566. The third-order valence-corrected chi connectivity index (χ3v) is 4.29. The Morgan fingerprint density at radius 2 is 1.67 bits per heavy atom. The first-order valence-electron chi connectivity index (χ1n) is 4.63. The minimum atomic E-state index is -3.43. The van der Waals surface area contributed by atoms with Crippen molar-refractivity contribution in [2.45, 2.75) is 24.8 Å². The van der Waals surface area contributed by atoms with Crippen molar-refractivity contribution in [2.24, 2.45) is 0 Å². The van der Waals surface area contributed by atoms with Crippen molar-refractivity contribution in [1.29, 1.82) is 0 Å². The zero-order valence-corrected chi connectivity index (χ0v) is 9.82. The van der Waals surface area contributed by atoms with Crippen LogP contribution in [0, 0.1) is 0 Å². The van der Waals surface area contributed by atoms with Gasteiger partial charge < -0.3 is 5.11 Å². The van der Waals surface area contributed by atoms with Gasteiger partial charge in [-0.25, -0.2) is 8.42 Å². The lowest BCUT2D eigenvalue weighted by molar-refractivity contribution is 0.410. The van der Waals surface area contributed by atoms with Crippen molar-refractivity contribution in [2.75, 3.05) is 7.05 Å². The van der Waals surface area contributed by atoms with E-state index >= 15 is 0 Å². The summed E-state index contributed by atoms with van der Waals surface area (Å²) < 4.78 is 25.1. The lowest BCUT2D eigenvalue weighted by atomic mass is 10.3. The summed E-state index contributed by atoms with van der Waals surface area (Å²) >= 11 is 0. The number of rotatable bonds is 3. The average molecular weight is 229 g/mol. The molecule has 5 heteroatoms. The summed E-state index contributed by atoms with van der Waals surface area (Å²) in [6, 6.07) is 5.42. The number of hydrogen-bond acceptors (Lipinski definition) is 3. The Hall–Kier alpha value is -1.07. The van der Waals surface area contributed by atoms with Gasteiger partial charge >= 0.3 is 0 Å². The summed E-state index contributed by atoms with van der Waals surface area (Å²) in [4.78, 5) is 0.191. The molecule has 4 nitrogen and oxygen atoms in total. The van der Waals surface area contributed by atoms with Crippen LogP contribution < -0.4 is 0 Å². The molecule has 0 saturated heterocycles. The van der Waals surface area contributed by atoms with Gasteiger partial charge in [-0.1, -0.05) is 0 Å². The maximum Gasteiger partial charge on any atom is 0.243 e. The molecule has 15 heavy (non-hydrogen) atoms. The molecule has 0 aliphatic carbocycles. The van der Waals surface area contributed by atoms with Crippen LogP contribution >= 0.6 is 0 Å². The molecule has 0 bridgehead atoms. The van der Waals surface area contributed by atoms with E-state index in [1.54, 1.807) is 13.8 Å². The second kappa shape index (κ2) is 4.20. The second-order valence-electron chi connectivity index (χ2n) is 3.61. The van der Waals surface area contributed by atoms with E-state index in [1.807, 2.05) is 0 Å². The van der Waals surface area contributed by atoms with Crippen LogP contribution in [-0.2, 0) is 10.0 Å². The van der Waals surface area contributed by atoms with E-state index in [1.165, 1.54) is 35.6 Å². The zero-order valence-electron chi connectivity index (χ0n) is 9.01. The minimum Gasteiger partial charge on any atom is -0.508 e. The molecule has 0 aromatic heterocycles. The fourth-order valence-corrected chi connectivity index (χ4v) is 2.43. The highest BCUT2D eigenvalue weighted by atomic mass is 32.2. The largest absolute Gasteiger partial charge is 0.508 e. The van der Waals surface area contributed by atoms with Gasteiger partial charge in [-0.2, -0.15) is 4.31 Å². The van der Waals surface area contributed by atoms with E-state index in [2.05, 4.69) is 0 Å². The Labute approximate surface area is 90.2 Å². The maximum atomic E-state index is 11.9. The standard InChI is InChI=1S/C10H15NO3S/c1-8(2)11(3)15(13,14)10-6-4-9(12)5-7-10/h4-8,12H,1-3H3. The third kappa shape index (κ3) is 2.49. The zero-order chi connectivity index (χ0) is 11.6. The first-order valence-corrected chi connectivity index (χ1v) is 6.07. The SMILES string of the molecule is CC(C)N(C)S(=O)(=O)c1ccc(O)cc1. The molecule has 0 heterocycles. The molecule has 0 aliphatic rings. The summed E-state index contributed by atoms with van der Waals surface area (Å²) in [6.45, 7) is 3.61.